The van der Waals surface area contributed by atoms with Crippen LogP contribution in [0.15, 0.2) is 42.5 Å². The van der Waals surface area contributed by atoms with E-state index in [-0.39, 0.29) is 17.5 Å². The SMILES string of the molecule is O=C(O)C1CSC(c2nc3ccc(OCc4ccccc4C(F)(F)F)cc3s2)N1. The third kappa shape index (κ3) is 4.34. The number of aromatic nitrogens is 1. The second-order valence-corrected chi connectivity index (χ2v) is 8.60. The lowest BCUT2D eigenvalue weighted by Gasteiger charge is -2.13. The molecular weight excluding hydrogens is 425 g/mol. The number of hydrogen-bond acceptors (Lipinski definition) is 6. The quantitative estimate of drug-likeness (QED) is 0.600. The Bertz CT molecular complexity index is 1050. The van der Waals surface area contributed by atoms with Crippen LogP contribution in [0.25, 0.3) is 10.2 Å². The number of benzene rings is 2. The molecule has 0 radical (unpaired) electrons. The molecule has 0 saturated carbocycles. The van der Waals surface area contributed by atoms with Gasteiger partial charge in [-0.15, -0.1) is 23.1 Å². The van der Waals surface area contributed by atoms with Crippen molar-refractivity contribution in [1.82, 2.24) is 10.3 Å². The van der Waals surface area contributed by atoms with Crippen LogP contribution >= 0.6 is 23.1 Å². The molecule has 2 unspecified atom stereocenters. The Labute approximate surface area is 171 Å². The van der Waals surface area contributed by atoms with Crippen molar-refractivity contribution in [3.63, 3.8) is 0 Å². The maximum Gasteiger partial charge on any atom is 0.416 e. The Morgan fingerprint density at radius 2 is 2.07 bits per heavy atom. The van der Waals surface area contributed by atoms with Crippen LogP contribution in [0.5, 0.6) is 5.75 Å². The number of nitrogens with zero attached hydrogens (tertiary/aromatic N) is 1. The van der Waals surface area contributed by atoms with Crippen molar-refractivity contribution in [2.75, 3.05) is 5.75 Å². The molecule has 2 atom stereocenters. The van der Waals surface area contributed by atoms with Crippen LogP contribution in [-0.2, 0) is 17.6 Å². The first-order chi connectivity index (χ1) is 13.8. The Balaban J connectivity index is 1.50. The van der Waals surface area contributed by atoms with E-state index in [1.807, 2.05) is 0 Å². The fourth-order valence-electron chi connectivity index (χ4n) is 2.97. The van der Waals surface area contributed by atoms with Gasteiger partial charge in [0.1, 0.15) is 28.8 Å². The Morgan fingerprint density at radius 1 is 1.28 bits per heavy atom. The van der Waals surface area contributed by atoms with Crippen molar-refractivity contribution in [2.45, 2.75) is 24.2 Å². The Morgan fingerprint density at radius 3 is 2.79 bits per heavy atom. The molecule has 2 N–H and O–H groups in total. The summed E-state index contributed by atoms with van der Waals surface area (Å²) in [5.41, 5.74) is 0.0871. The summed E-state index contributed by atoms with van der Waals surface area (Å²) in [7, 11) is 0. The molecule has 1 saturated heterocycles. The van der Waals surface area contributed by atoms with E-state index in [4.69, 9.17) is 9.84 Å². The molecule has 1 aliphatic heterocycles. The van der Waals surface area contributed by atoms with Gasteiger partial charge in [-0.1, -0.05) is 18.2 Å². The third-order valence-electron chi connectivity index (χ3n) is 4.40. The average Bonchev–Trinajstić information content (AvgIpc) is 3.32. The molecule has 2 heterocycles. The van der Waals surface area contributed by atoms with Crippen molar-refractivity contribution >= 4 is 39.3 Å². The van der Waals surface area contributed by atoms with Crippen molar-refractivity contribution < 1.29 is 27.8 Å². The van der Waals surface area contributed by atoms with Crippen LogP contribution < -0.4 is 10.1 Å². The van der Waals surface area contributed by atoms with Gasteiger partial charge in [0.05, 0.1) is 15.8 Å². The number of thioether (sulfide) groups is 1. The summed E-state index contributed by atoms with van der Waals surface area (Å²) in [6, 6.07) is 9.86. The number of hydrogen-bond donors (Lipinski definition) is 2. The van der Waals surface area contributed by atoms with E-state index in [9.17, 15) is 18.0 Å². The first-order valence-electron chi connectivity index (χ1n) is 8.60. The van der Waals surface area contributed by atoms with Crippen molar-refractivity contribution in [3.05, 3.63) is 58.6 Å². The van der Waals surface area contributed by atoms with Crippen molar-refractivity contribution in [3.8, 4) is 5.75 Å². The van der Waals surface area contributed by atoms with Gasteiger partial charge >= 0.3 is 12.1 Å². The van der Waals surface area contributed by atoms with Gasteiger partial charge in [-0.2, -0.15) is 13.2 Å². The summed E-state index contributed by atoms with van der Waals surface area (Å²) in [5.74, 6) is 0.0131. The number of ether oxygens (including phenoxy) is 1. The first-order valence-corrected chi connectivity index (χ1v) is 10.5. The lowest BCUT2D eigenvalue weighted by Crippen LogP contribution is -2.33. The molecule has 0 spiro atoms. The summed E-state index contributed by atoms with van der Waals surface area (Å²) >= 11 is 2.89. The van der Waals surface area contributed by atoms with Crippen LogP contribution in [0.2, 0.25) is 0 Å². The monoisotopic (exact) mass is 440 g/mol. The number of carboxylic acids is 1. The third-order valence-corrected chi connectivity index (χ3v) is 6.85. The summed E-state index contributed by atoms with van der Waals surface area (Å²) in [5, 5.41) is 12.7. The number of halogens is 3. The highest BCUT2D eigenvalue weighted by atomic mass is 32.2. The normalized spacial score (nSPS) is 19.6. The molecule has 10 heteroatoms. The molecule has 3 aromatic rings. The highest BCUT2D eigenvalue weighted by Gasteiger charge is 2.33. The molecule has 0 amide bonds. The van der Waals surface area contributed by atoms with Gasteiger partial charge in [-0.05, 0) is 24.3 Å². The summed E-state index contributed by atoms with van der Waals surface area (Å²) in [6.45, 7) is -0.201. The predicted molar refractivity (Wildman–Crippen MR) is 105 cm³/mol. The molecule has 5 nitrogen and oxygen atoms in total. The highest BCUT2D eigenvalue weighted by Crippen LogP contribution is 2.38. The molecule has 1 aromatic heterocycles. The second-order valence-electron chi connectivity index (χ2n) is 6.40. The fourth-order valence-corrected chi connectivity index (χ4v) is 5.33. The number of carboxylic acid groups (broad SMARTS) is 1. The zero-order valence-electron chi connectivity index (χ0n) is 14.8. The largest absolute Gasteiger partial charge is 0.489 e. The maximum atomic E-state index is 13.1. The minimum absolute atomic E-state index is 0.0661. The van der Waals surface area contributed by atoms with E-state index < -0.39 is 23.8 Å². The molecule has 0 bridgehead atoms. The molecule has 29 heavy (non-hydrogen) atoms. The molecule has 1 fully saturated rings. The number of thiazole rings is 1. The Kier molecular flexibility index (Phi) is 5.41. The minimum Gasteiger partial charge on any atom is -0.489 e. The Hall–Kier alpha value is -2.30. The van der Waals surface area contributed by atoms with Gasteiger partial charge in [0.15, 0.2) is 0 Å². The number of alkyl halides is 3. The number of rotatable bonds is 5. The van der Waals surface area contributed by atoms with Gasteiger partial charge in [0, 0.05) is 11.3 Å². The molecule has 0 aliphatic carbocycles. The van der Waals surface area contributed by atoms with Crippen LogP contribution in [0.4, 0.5) is 13.2 Å². The topological polar surface area (TPSA) is 71.5 Å². The molecular formula is C19H15F3N2O3S2. The maximum absolute atomic E-state index is 13.1. The number of carbonyl (C=O) groups is 1. The second kappa shape index (κ2) is 7.85. The van der Waals surface area contributed by atoms with Gasteiger partial charge in [-0.3, -0.25) is 10.1 Å². The molecule has 152 valence electrons. The van der Waals surface area contributed by atoms with E-state index in [1.165, 1.54) is 35.2 Å². The van der Waals surface area contributed by atoms with Crippen LogP contribution in [-0.4, -0.2) is 27.9 Å². The van der Waals surface area contributed by atoms with Gasteiger partial charge in [0.2, 0.25) is 0 Å². The average molecular weight is 440 g/mol. The van der Waals surface area contributed by atoms with Gasteiger partial charge < -0.3 is 9.84 Å². The van der Waals surface area contributed by atoms with Gasteiger partial charge in [0.25, 0.3) is 0 Å². The molecule has 2 aromatic carbocycles. The molecule has 1 aliphatic rings. The lowest BCUT2D eigenvalue weighted by molar-refractivity contribution is -0.139. The van der Waals surface area contributed by atoms with Crippen molar-refractivity contribution in [1.29, 1.82) is 0 Å². The standard InChI is InChI=1S/C19H15F3N2O3S2/c20-19(21,22)12-4-2-1-3-10(12)8-27-11-5-6-13-15(7-11)29-17(23-13)16-24-14(9-28-16)18(25)26/h1-7,14,16,24H,8-9H2,(H,25,26). The number of aliphatic carboxylic acids is 1. The van der Waals surface area contributed by atoms with E-state index in [1.54, 1.807) is 24.3 Å². The van der Waals surface area contributed by atoms with E-state index in [2.05, 4.69) is 10.3 Å². The van der Waals surface area contributed by atoms with E-state index in [0.29, 0.717) is 11.5 Å². The van der Waals surface area contributed by atoms with E-state index in [0.717, 1.165) is 21.3 Å². The van der Waals surface area contributed by atoms with Crippen LogP contribution in [0.1, 0.15) is 21.5 Å². The first kappa shape index (κ1) is 20.0. The summed E-state index contributed by atoms with van der Waals surface area (Å²) in [6.07, 6.45) is -4.43. The van der Waals surface area contributed by atoms with Gasteiger partial charge in [-0.25, -0.2) is 4.98 Å². The fraction of sp³-hybridized carbons (Fsp3) is 0.263. The van der Waals surface area contributed by atoms with Crippen LogP contribution in [0.3, 0.4) is 0 Å². The highest BCUT2D eigenvalue weighted by molar-refractivity contribution is 7.99. The smallest absolute Gasteiger partial charge is 0.416 e. The van der Waals surface area contributed by atoms with Crippen LogP contribution in [0, 0.1) is 0 Å². The zero-order chi connectivity index (χ0) is 20.6. The predicted octanol–water partition coefficient (Wildman–Crippen LogP) is 4.68. The lowest BCUT2D eigenvalue weighted by atomic mass is 10.1. The number of fused-ring (bicyclic) bond motifs is 1. The number of nitrogens with one attached hydrogen (secondary N) is 1. The summed E-state index contributed by atoms with van der Waals surface area (Å²) < 4.78 is 45.7. The minimum atomic E-state index is -4.43. The summed E-state index contributed by atoms with van der Waals surface area (Å²) in [4.78, 5) is 15.6. The molecule has 4 rings (SSSR count). The zero-order valence-corrected chi connectivity index (χ0v) is 16.4. The van der Waals surface area contributed by atoms with E-state index >= 15 is 0 Å². The van der Waals surface area contributed by atoms with Crippen molar-refractivity contribution in [2.24, 2.45) is 0 Å².